The Kier molecular flexibility index (Phi) is 4.25. The molecular weight excluding hydrogens is 392 g/mol. The summed E-state index contributed by atoms with van der Waals surface area (Å²) in [6.07, 6.45) is -4.93. The minimum atomic E-state index is -4.87. The van der Waals surface area contributed by atoms with E-state index >= 15 is 0 Å². The summed E-state index contributed by atoms with van der Waals surface area (Å²) in [5.74, 6) is -1.46. The summed E-state index contributed by atoms with van der Waals surface area (Å²) in [6.45, 7) is 1.30. The number of carboxylic acid groups (broad SMARTS) is 1. The minimum absolute atomic E-state index is 0.0606. The summed E-state index contributed by atoms with van der Waals surface area (Å²) in [4.78, 5) is 11.4. The normalized spacial score (nSPS) is 22.1. The molecule has 0 amide bonds. The average Bonchev–Trinajstić information content (AvgIpc) is 3.13. The number of benzene rings is 1. The molecular formula is C17H10Cl2F3N2O2-. The Hall–Kier alpha value is -2.17. The van der Waals surface area contributed by atoms with Gasteiger partial charge in [-0.1, -0.05) is 42.3 Å². The molecule has 0 radical (unpaired) electrons. The fourth-order valence-electron chi connectivity index (χ4n) is 3.06. The molecule has 0 saturated heterocycles. The summed E-state index contributed by atoms with van der Waals surface area (Å²) < 4.78 is 41.8. The maximum atomic E-state index is 13.7. The smallest absolute Gasteiger partial charge is 0.432 e. The SMILES string of the molecule is CC1(C(=O)[O-])CC1n1c(-c2ccc(Cl)cc2)c(C#N)c(Cl)c1C(F)(F)F. The number of carbonyl (C=O) groups is 1. The number of hydrogen-bond acceptors (Lipinski definition) is 3. The van der Waals surface area contributed by atoms with E-state index in [9.17, 15) is 28.3 Å². The van der Waals surface area contributed by atoms with Gasteiger partial charge >= 0.3 is 6.18 Å². The lowest BCUT2D eigenvalue weighted by Gasteiger charge is -2.19. The summed E-state index contributed by atoms with van der Waals surface area (Å²) in [5.41, 5.74) is -2.90. The van der Waals surface area contributed by atoms with Gasteiger partial charge in [0, 0.05) is 22.4 Å². The second-order valence-corrected chi connectivity index (χ2v) is 7.11. The first-order valence-corrected chi connectivity index (χ1v) is 8.16. The molecule has 2 aromatic rings. The molecule has 0 bridgehead atoms. The first-order valence-electron chi connectivity index (χ1n) is 7.40. The van der Waals surface area contributed by atoms with E-state index in [0.717, 1.165) is 4.57 Å². The Morgan fingerprint density at radius 3 is 2.35 bits per heavy atom. The van der Waals surface area contributed by atoms with Crippen LogP contribution in [0.3, 0.4) is 0 Å². The zero-order valence-corrected chi connectivity index (χ0v) is 14.7. The zero-order chi connectivity index (χ0) is 19.4. The van der Waals surface area contributed by atoms with Crippen LogP contribution in [0.15, 0.2) is 24.3 Å². The van der Waals surface area contributed by atoms with E-state index < -0.39 is 34.3 Å². The predicted molar refractivity (Wildman–Crippen MR) is 86.4 cm³/mol. The third-order valence-electron chi connectivity index (χ3n) is 4.61. The zero-order valence-electron chi connectivity index (χ0n) is 13.2. The van der Waals surface area contributed by atoms with E-state index in [-0.39, 0.29) is 23.2 Å². The van der Waals surface area contributed by atoms with Crippen LogP contribution in [0.4, 0.5) is 13.2 Å². The van der Waals surface area contributed by atoms with Crippen LogP contribution in [0.1, 0.15) is 30.6 Å². The van der Waals surface area contributed by atoms with E-state index in [1.54, 1.807) is 6.07 Å². The van der Waals surface area contributed by atoms with E-state index in [4.69, 9.17) is 23.2 Å². The van der Waals surface area contributed by atoms with Gasteiger partial charge in [0.25, 0.3) is 0 Å². The lowest BCUT2D eigenvalue weighted by atomic mass is 10.1. The number of carbonyl (C=O) groups excluding carboxylic acids is 1. The van der Waals surface area contributed by atoms with E-state index in [1.165, 1.54) is 31.2 Å². The first-order chi connectivity index (χ1) is 12.0. The summed E-state index contributed by atoms with van der Waals surface area (Å²) >= 11 is 11.7. The number of nitriles is 1. The lowest BCUT2D eigenvalue weighted by Crippen LogP contribution is -2.33. The summed E-state index contributed by atoms with van der Waals surface area (Å²) in [6, 6.07) is 6.48. The summed E-state index contributed by atoms with van der Waals surface area (Å²) in [5, 5.41) is 20.4. The van der Waals surface area contributed by atoms with Crippen molar-refractivity contribution in [2.24, 2.45) is 5.41 Å². The van der Waals surface area contributed by atoms with Crippen LogP contribution in [0.2, 0.25) is 10.0 Å². The number of aliphatic carboxylic acids is 1. The van der Waals surface area contributed by atoms with Crippen molar-refractivity contribution in [2.75, 3.05) is 0 Å². The van der Waals surface area contributed by atoms with Crippen LogP contribution in [-0.2, 0) is 11.0 Å². The molecule has 0 spiro atoms. The van der Waals surface area contributed by atoms with E-state index in [2.05, 4.69) is 0 Å². The monoisotopic (exact) mass is 401 g/mol. The third kappa shape index (κ3) is 2.74. The quantitative estimate of drug-likeness (QED) is 0.778. The number of carboxylic acids is 1. The van der Waals surface area contributed by atoms with Gasteiger partial charge in [-0.15, -0.1) is 0 Å². The van der Waals surface area contributed by atoms with Crippen molar-refractivity contribution in [1.29, 1.82) is 5.26 Å². The highest BCUT2D eigenvalue weighted by atomic mass is 35.5. The lowest BCUT2D eigenvalue weighted by molar-refractivity contribution is -0.313. The maximum Gasteiger partial charge on any atom is 0.432 e. The molecule has 4 nitrogen and oxygen atoms in total. The number of halogens is 5. The van der Waals surface area contributed by atoms with Crippen LogP contribution in [0.25, 0.3) is 11.3 Å². The molecule has 2 unspecified atom stereocenters. The fraction of sp³-hybridized carbons (Fsp3) is 0.294. The molecule has 26 heavy (non-hydrogen) atoms. The van der Waals surface area contributed by atoms with Crippen LogP contribution in [0.5, 0.6) is 0 Å². The molecule has 1 aliphatic rings. The number of aromatic nitrogens is 1. The molecule has 1 aromatic carbocycles. The van der Waals surface area contributed by atoms with Gasteiger partial charge in [0.05, 0.1) is 16.3 Å². The second kappa shape index (κ2) is 5.93. The highest BCUT2D eigenvalue weighted by Gasteiger charge is 2.57. The number of nitrogens with zero attached hydrogens (tertiary/aromatic N) is 2. The Morgan fingerprint density at radius 1 is 1.35 bits per heavy atom. The van der Waals surface area contributed by atoms with Gasteiger partial charge in [-0.25, -0.2) is 0 Å². The van der Waals surface area contributed by atoms with Crippen molar-refractivity contribution >= 4 is 29.2 Å². The predicted octanol–water partition coefficient (Wildman–Crippen LogP) is 4.05. The van der Waals surface area contributed by atoms with Gasteiger partial charge in [0.2, 0.25) is 0 Å². The molecule has 2 atom stereocenters. The largest absolute Gasteiger partial charge is 0.549 e. The fourth-order valence-corrected chi connectivity index (χ4v) is 3.52. The minimum Gasteiger partial charge on any atom is -0.549 e. The van der Waals surface area contributed by atoms with E-state index in [1.807, 2.05) is 0 Å². The van der Waals surface area contributed by atoms with Crippen LogP contribution >= 0.6 is 23.2 Å². The molecule has 3 rings (SSSR count). The van der Waals surface area contributed by atoms with Gasteiger partial charge in [-0.2, -0.15) is 18.4 Å². The standard InChI is InChI=1S/C17H11Cl2F3N2O2/c1-16(15(25)26)6-11(16)24-13(8-2-4-9(18)5-3-8)10(7-23)12(19)14(24)17(20,21)22/h2-5,11H,6H2,1H3,(H,25,26)/p-1. The highest BCUT2D eigenvalue weighted by molar-refractivity contribution is 6.33. The first kappa shape index (κ1) is 18.6. The van der Waals surface area contributed by atoms with Crippen molar-refractivity contribution in [1.82, 2.24) is 4.57 Å². The van der Waals surface area contributed by atoms with Crippen LogP contribution in [0, 0.1) is 16.7 Å². The van der Waals surface area contributed by atoms with Crippen molar-refractivity contribution in [3.05, 3.63) is 45.6 Å². The topological polar surface area (TPSA) is 68.8 Å². The number of rotatable bonds is 3. The molecule has 1 fully saturated rings. The van der Waals surface area contributed by atoms with Crippen molar-refractivity contribution in [3.63, 3.8) is 0 Å². The number of alkyl halides is 3. The van der Waals surface area contributed by atoms with Crippen molar-refractivity contribution in [2.45, 2.75) is 25.6 Å². The van der Waals surface area contributed by atoms with Gasteiger partial charge in [0.1, 0.15) is 11.8 Å². The van der Waals surface area contributed by atoms with Gasteiger partial charge in [0.15, 0.2) is 0 Å². The summed E-state index contributed by atoms with van der Waals surface area (Å²) in [7, 11) is 0. The molecule has 1 heterocycles. The Morgan fingerprint density at radius 2 is 1.92 bits per heavy atom. The maximum absolute atomic E-state index is 13.7. The van der Waals surface area contributed by atoms with Crippen LogP contribution in [-0.4, -0.2) is 10.5 Å². The van der Waals surface area contributed by atoms with Gasteiger partial charge in [-0.05, 0) is 24.1 Å². The molecule has 9 heteroatoms. The molecule has 0 aliphatic heterocycles. The Balaban J connectivity index is 2.35. The molecule has 1 aliphatic carbocycles. The third-order valence-corrected chi connectivity index (χ3v) is 5.23. The Labute approximate surface area is 156 Å². The molecule has 1 saturated carbocycles. The van der Waals surface area contributed by atoms with Gasteiger partial charge < -0.3 is 14.5 Å². The Bertz CT molecular complexity index is 945. The highest BCUT2D eigenvalue weighted by Crippen LogP contribution is 2.60. The average molecular weight is 402 g/mol. The van der Waals surface area contributed by atoms with E-state index in [0.29, 0.717) is 5.02 Å². The number of hydrogen-bond donors (Lipinski definition) is 0. The van der Waals surface area contributed by atoms with Crippen molar-refractivity contribution in [3.8, 4) is 17.3 Å². The second-order valence-electron chi connectivity index (χ2n) is 6.30. The van der Waals surface area contributed by atoms with Crippen molar-refractivity contribution < 1.29 is 23.1 Å². The van der Waals surface area contributed by atoms with Gasteiger partial charge in [-0.3, -0.25) is 0 Å². The molecule has 0 N–H and O–H groups in total. The van der Waals surface area contributed by atoms with Crippen LogP contribution < -0.4 is 5.11 Å². The molecule has 136 valence electrons. The molecule has 1 aromatic heterocycles.